The van der Waals surface area contributed by atoms with E-state index in [0.29, 0.717) is 23.7 Å². The number of fused-ring (bicyclic) bond motifs is 1. The maximum Gasteiger partial charge on any atom is 0.276 e. The molecule has 0 aliphatic carbocycles. The number of H-pyrrole nitrogens is 2. The molecule has 0 amide bonds. The van der Waals surface area contributed by atoms with E-state index in [1.807, 2.05) is 6.20 Å². The molecule has 3 aromatic heterocycles. The summed E-state index contributed by atoms with van der Waals surface area (Å²) >= 11 is 0. The van der Waals surface area contributed by atoms with Crippen LogP contribution < -0.4 is 5.56 Å². The van der Waals surface area contributed by atoms with Gasteiger partial charge in [0.15, 0.2) is 5.52 Å². The Morgan fingerprint density at radius 2 is 2.21 bits per heavy atom. The summed E-state index contributed by atoms with van der Waals surface area (Å²) < 4.78 is 1.68. The highest BCUT2D eigenvalue weighted by Crippen LogP contribution is 2.31. The number of imidazole rings is 2. The summed E-state index contributed by atoms with van der Waals surface area (Å²) in [5, 5.41) is 14.1. The lowest BCUT2D eigenvalue weighted by molar-refractivity contribution is 0.271. The van der Waals surface area contributed by atoms with E-state index in [1.165, 1.54) is 0 Å². The van der Waals surface area contributed by atoms with E-state index in [1.54, 1.807) is 16.9 Å². The molecule has 28 heavy (non-hydrogen) atoms. The summed E-state index contributed by atoms with van der Waals surface area (Å²) in [5.74, 6) is 2.96. The van der Waals surface area contributed by atoms with Crippen LogP contribution in [-0.4, -0.2) is 59.3 Å². The smallest absolute Gasteiger partial charge is 0.276 e. The molecule has 3 aromatic rings. The number of hydrogen-bond acceptors (Lipinski definition) is 6. The molecule has 0 saturated carbocycles. The van der Waals surface area contributed by atoms with E-state index in [-0.39, 0.29) is 24.0 Å². The van der Waals surface area contributed by atoms with Gasteiger partial charge >= 0.3 is 0 Å². The van der Waals surface area contributed by atoms with Crippen molar-refractivity contribution in [2.75, 3.05) is 19.7 Å². The molecule has 150 valence electrons. The fourth-order valence-electron chi connectivity index (χ4n) is 4.20. The lowest BCUT2D eigenvalue weighted by Crippen LogP contribution is -2.23. The normalized spacial score (nSPS) is 21.5. The number of aliphatic hydroxyl groups is 1. The summed E-state index contributed by atoms with van der Waals surface area (Å²) in [7, 11) is 0. The number of hydrogen-bond donors (Lipinski definition) is 3. The zero-order valence-electron chi connectivity index (χ0n) is 16.3. The standard InChI is InChI=1S/C19H27N7O2/c1-3-13(4-7-27)18-22-8-15-19(28)23-17(24-26(15)18)14-10-25(9-12(14)2)11-16-20-5-6-21-16/h5-6,8,12-14,27H,3-4,7,9-11H2,1-2H3,(H,20,21)(H,23,24,28). The second kappa shape index (κ2) is 7.84. The molecule has 1 aliphatic heterocycles. The van der Waals surface area contributed by atoms with Gasteiger partial charge in [-0.1, -0.05) is 13.8 Å². The Morgan fingerprint density at radius 1 is 1.36 bits per heavy atom. The van der Waals surface area contributed by atoms with Crippen LogP contribution in [0.15, 0.2) is 23.4 Å². The number of likely N-dealkylation sites (tertiary alicyclic amines) is 1. The number of rotatable bonds is 7. The Morgan fingerprint density at radius 3 is 2.93 bits per heavy atom. The summed E-state index contributed by atoms with van der Waals surface area (Å²) in [6, 6.07) is 0. The average Bonchev–Trinajstić information content (AvgIpc) is 3.40. The topological polar surface area (TPSA) is 115 Å². The minimum atomic E-state index is -0.167. The largest absolute Gasteiger partial charge is 0.396 e. The quantitative estimate of drug-likeness (QED) is 0.564. The number of nitrogens with one attached hydrogen (secondary N) is 2. The van der Waals surface area contributed by atoms with Crippen LogP contribution in [0.1, 0.15) is 56.0 Å². The lowest BCUT2D eigenvalue weighted by atomic mass is 9.97. The van der Waals surface area contributed by atoms with Crippen LogP contribution in [0.5, 0.6) is 0 Å². The van der Waals surface area contributed by atoms with Crippen LogP contribution in [-0.2, 0) is 6.54 Å². The first-order valence-corrected chi connectivity index (χ1v) is 9.90. The second-order valence-electron chi connectivity index (χ2n) is 7.68. The van der Waals surface area contributed by atoms with Crippen LogP contribution in [0.4, 0.5) is 0 Å². The molecule has 0 radical (unpaired) electrons. The van der Waals surface area contributed by atoms with Crippen molar-refractivity contribution in [1.29, 1.82) is 0 Å². The highest BCUT2D eigenvalue weighted by molar-refractivity contribution is 5.42. The molecule has 1 fully saturated rings. The monoisotopic (exact) mass is 385 g/mol. The highest BCUT2D eigenvalue weighted by atomic mass is 16.3. The summed E-state index contributed by atoms with van der Waals surface area (Å²) in [6.45, 7) is 6.82. The molecule has 0 aromatic carbocycles. The fourth-order valence-corrected chi connectivity index (χ4v) is 4.20. The molecular weight excluding hydrogens is 358 g/mol. The number of aromatic amines is 2. The van der Waals surface area contributed by atoms with Crippen molar-refractivity contribution in [3.63, 3.8) is 0 Å². The highest BCUT2D eigenvalue weighted by Gasteiger charge is 2.33. The van der Waals surface area contributed by atoms with E-state index >= 15 is 0 Å². The SMILES string of the molecule is CCC(CCO)c1ncc2c(=O)[nH]c(C3CN(Cc4ncc[nH]4)CC3C)nn12. The molecule has 0 bridgehead atoms. The number of aliphatic hydroxyl groups excluding tert-OH is 1. The zero-order chi connectivity index (χ0) is 19.7. The van der Waals surface area contributed by atoms with Gasteiger partial charge in [0, 0.05) is 43.9 Å². The van der Waals surface area contributed by atoms with Gasteiger partial charge in [-0.3, -0.25) is 9.69 Å². The Kier molecular flexibility index (Phi) is 5.27. The molecule has 4 heterocycles. The van der Waals surface area contributed by atoms with Gasteiger partial charge < -0.3 is 15.1 Å². The number of aromatic nitrogens is 6. The van der Waals surface area contributed by atoms with Gasteiger partial charge in [0.2, 0.25) is 0 Å². The second-order valence-corrected chi connectivity index (χ2v) is 7.68. The van der Waals surface area contributed by atoms with E-state index in [0.717, 1.165) is 37.7 Å². The van der Waals surface area contributed by atoms with Crippen molar-refractivity contribution in [3.05, 3.63) is 46.4 Å². The van der Waals surface area contributed by atoms with Crippen molar-refractivity contribution in [1.82, 2.24) is 34.4 Å². The first kappa shape index (κ1) is 18.8. The van der Waals surface area contributed by atoms with Gasteiger partial charge in [0.25, 0.3) is 5.56 Å². The Balaban J connectivity index is 1.64. The molecule has 4 rings (SSSR count). The van der Waals surface area contributed by atoms with Crippen molar-refractivity contribution >= 4 is 5.52 Å². The predicted octanol–water partition coefficient (Wildman–Crippen LogP) is 1.25. The summed E-state index contributed by atoms with van der Waals surface area (Å²) in [4.78, 5) is 29.8. The Bertz CT molecular complexity index is 978. The van der Waals surface area contributed by atoms with E-state index in [2.05, 4.69) is 38.7 Å². The summed E-state index contributed by atoms with van der Waals surface area (Å²) in [6.07, 6.45) is 6.61. The summed E-state index contributed by atoms with van der Waals surface area (Å²) in [5.41, 5.74) is 0.285. The van der Waals surface area contributed by atoms with Gasteiger partial charge in [0.05, 0.1) is 12.7 Å². The van der Waals surface area contributed by atoms with E-state index in [9.17, 15) is 9.90 Å². The zero-order valence-corrected chi connectivity index (χ0v) is 16.3. The molecule has 1 aliphatic rings. The third-order valence-electron chi connectivity index (χ3n) is 5.75. The van der Waals surface area contributed by atoms with Gasteiger partial charge in [0.1, 0.15) is 17.5 Å². The average molecular weight is 385 g/mol. The van der Waals surface area contributed by atoms with Gasteiger partial charge in [-0.2, -0.15) is 5.10 Å². The van der Waals surface area contributed by atoms with Gasteiger partial charge in [-0.15, -0.1) is 0 Å². The molecule has 3 atom stereocenters. The Labute approximate surface area is 162 Å². The minimum Gasteiger partial charge on any atom is -0.396 e. The molecule has 0 spiro atoms. The van der Waals surface area contributed by atoms with E-state index in [4.69, 9.17) is 5.10 Å². The maximum absolute atomic E-state index is 12.6. The predicted molar refractivity (Wildman–Crippen MR) is 104 cm³/mol. The Hall–Kier alpha value is -2.52. The van der Waals surface area contributed by atoms with Crippen LogP contribution in [0.3, 0.4) is 0 Å². The van der Waals surface area contributed by atoms with Crippen molar-refractivity contribution in [2.45, 2.75) is 45.1 Å². The van der Waals surface area contributed by atoms with Crippen LogP contribution >= 0.6 is 0 Å². The first-order valence-electron chi connectivity index (χ1n) is 9.90. The van der Waals surface area contributed by atoms with E-state index < -0.39 is 0 Å². The van der Waals surface area contributed by atoms with Crippen molar-refractivity contribution < 1.29 is 5.11 Å². The molecule has 3 unspecified atom stereocenters. The third kappa shape index (κ3) is 3.47. The maximum atomic E-state index is 12.6. The lowest BCUT2D eigenvalue weighted by Gasteiger charge is -2.16. The first-order chi connectivity index (χ1) is 13.6. The van der Waals surface area contributed by atoms with Crippen molar-refractivity contribution in [3.8, 4) is 0 Å². The third-order valence-corrected chi connectivity index (χ3v) is 5.75. The van der Waals surface area contributed by atoms with Crippen LogP contribution in [0.25, 0.3) is 5.52 Å². The fraction of sp³-hybridized carbons (Fsp3) is 0.579. The number of nitrogens with zero attached hydrogens (tertiary/aromatic N) is 5. The molecule has 3 N–H and O–H groups in total. The minimum absolute atomic E-state index is 0.0751. The van der Waals surface area contributed by atoms with Crippen molar-refractivity contribution in [2.24, 2.45) is 5.92 Å². The molecule has 9 nitrogen and oxygen atoms in total. The molecule has 9 heteroatoms. The van der Waals surface area contributed by atoms with Gasteiger partial charge in [-0.25, -0.2) is 14.5 Å². The van der Waals surface area contributed by atoms with Crippen LogP contribution in [0.2, 0.25) is 0 Å². The van der Waals surface area contributed by atoms with Crippen LogP contribution in [0, 0.1) is 5.92 Å². The molecule has 1 saturated heterocycles. The molecular formula is C19H27N7O2. The van der Waals surface area contributed by atoms with Gasteiger partial charge in [-0.05, 0) is 18.8 Å².